The molecule has 0 amide bonds. The number of hydrogen-bond donors (Lipinski definition) is 0. The van der Waals surface area contributed by atoms with Crippen LogP contribution in [0.15, 0.2) is 57.5 Å². The predicted molar refractivity (Wildman–Crippen MR) is 155 cm³/mol. The maximum atomic E-state index is 13.9. The molecule has 11 nitrogen and oxygen atoms in total. The van der Waals surface area contributed by atoms with Crippen LogP contribution in [0.1, 0.15) is 37.9 Å². The van der Waals surface area contributed by atoms with Gasteiger partial charge in [-0.05, 0) is 62.2 Å². The maximum absolute atomic E-state index is 13.9. The number of carbonyl (C=O) groups is 2. The van der Waals surface area contributed by atoms with Crippen molar-refractivity contribution in [3.63, 3.8) is 0 Å². The van der Waals surface area contributed by atoms with Crippen LogP contribution in [0.3, 0.4) is 0 Å². The lowest BCUT2D eigenvalue weighted by atomic mass is 9.95. The second-order valence-corrected chi connectivity index (χ2v) is 9.93. The molecule has 0 fully saturated rings. The zero-order chi connectivity index (χ0) is 30.4. The third-order valence-corrected chi connectivity index (χ3v) is 7.36. The number of ether oxygens (including phenoxy) is 6. The number of methoxy groups -OCH3 is 3. The number of aromatic nitrogens is 1. The largest absolute Gasteiger partial charge is 0.493 e. The van der Waals surface area contributed by atoms with Crippen molar-refractivity contribution in [3.05, 3.63) is 78.5 Å². The van der Waals surface area contributed by atoms with E-state index in [-0.39, 0.29) is 24.3 Å². The van der Waals surface area contributed by atoms with E-state index < -0.39 is 18.0 Å². The SMILES string of the molecule is CCOC(=O)C1=C(C)N=c2s/c(=C\c3ccc(OC)c(OC)c3)c(=O)n2[C@H]1c1ccc(OCC(=O)OC)c(OCC)c1. The molecule has 0 saturated heterocycles. The smallest absolute Gasteiger partial charge is 0.343 e. The molecule has 0 N–H and O–H groups in total. The van der Waals surface area contributed by atoms with Crippen LogP contribution in [-0.2, 0) is 19.1 Å². The van der Waals surface area contributed by atoms with Crippen LogP contribution in [0.25, 0.3) is 6.08 Å². The highest BCUT2D eigenvalue weighted by Crippen LogP contribution is 2.36. The van der Waals surface area contributed by atoms with Crippen molar-refractivity contribution in [3.8, 4) is 23.0 Å². The highest BCUT2D eigenvalue weighted by molar-refractivity contribution is 7.07. The molecule has 4 rings (SSSR count). The Labute approximate surface area is 246 Å². The molecule has 1 aliphatic heterocycles. The van der Waals surface area contributed by atoms with Crippen molar-refractivity contribution >= 4 is 29.4 Å². The van der Waals surface area contributed by atoms with Crippen molar-refractivity contribution in [2.75, 3.05) is 41.2 Å². The molecule has 0 spiro atoms. The van der Waals surface area contributed by atoms with Gasteiger partial charge in [-0.15, -0.1) is 0 Å². The number of benzene rings is 2. The monoisotopic (exact) mass is 596 g/mol. The van der Waals surface area contributed by atoms with Gasteiger partial charge in [-0.3, -0.25) is 9.36 Å². The third kappa shape index (κ3) is 6.18. The Bertz CT molecular complexity index is 1700. The van der Waals surface area contributed by atoms with Gasteiger partial charge in [0.25, 0.3) is 5.56 Å². The Balaban J connectivity index is 1.89. The molecule has 1 aliphatic rings. The highest BCUT2D eigenvalue weighted by Gasteiger charge is 2.34. The lowest BCUT2D eigenvalue weighted by Crippen LogP contribution is -2.40. The molecule has 1 aromatic heterocycles. The molecule has 0 aliphatic carbocycles. The van der Waals surface area contributed by atoms with Crippen molar-refractivity contribution in [1.82, 2.24) is 4.57 Å². The summed E-state index contributed by atoms with van der Waals surface area (Å²) in [7, 11) is 4.36. The fourth-order valence-corrected chi connectivity index (χ4v) is 5.53. The summed E-state index contributed by atoms with van der Waals surface area (Å²) in [6.45, 7) is 5.38. The molecule has 222 valence electrons. The van der Waals surface area contributed by atoms with Gasteiger partial charge < -0.3 is 28.4 Å². The summed E-state index contributed by atoms with van der Waals surface area (Å²) in [4.78, 5) is 43.9. The summed E-state index contributed by atoms with van der Waals surface area (Å²) in [5.74, 6) is 0.605. The number of hydrogen-bond acceptors (Lipinski definition) is 11. The molecule has 1 atom stereocenters. The number of rotatable bonds is 11. The minimum absolute atomic E-state index is 0.149. The first-order valence-electron chi connectivity index (χ1n) is 13.1. The van der Waals surface area contributed by atoms with Gasteiger partial charge in [0.2, 0.25) is 0 Å². The number of carbonyl (C=O) groups excluding carboxylic acids is 2. The number of allylic oxidation sites excluding steroid dienone is 1. The van der Waals surface area contributed by atoms with Gasteiger partial charge in [-0.2, -0.15) is 0 Å². The Morgan fingerprint density at radius 2 is 1.69 bits per heavy atom. The van der Waals surface area contributed by atoms with Crippen molar-refractivity contribution in [1.29, 1.82) is 0 Å². The fourth-order valence-electron chi connectivity index (χ4n) is 4.48. The number of fused-ring (bicyclic) bond motifs is 1. The first-order valence-corrected chi connectivity index (χ1v) is 14.0. The van der Waals surface area contributed by atoms with Gasteiger partial charge >= 0.3 is 11.9 Å². The van der Waals surface area contributed by atoms with Crippen molar-refractivity contribution in [2.45, 2.75) is 26.8 Å². The van der Waals surface area contributed by atoms with Crippen LogP contribution in [0, 0.1) is 0 Å². The van der Waals surface area contributed by atoms with E-state index in [0.29, 0.717) is 50.2 Å². The normalized spacial score (nSPS) is 14.5. The molecule has 0 bridgehead atoms. The molecule has 42 heavy (non-hydrogen) atoms. The summed E-state index contributed by atoms with van der Waals surface area (Å²) in [5, 5.41) is 0. The fraction of sp³-hybridized carbons (Fsp3) is 0.333. The molecule has 12 heteroatoms. The predicted octanol–water partition coefficient (Wildman–Crippen LogP) is 2.77. The average molecular weight is 597 g/mol. The maximum Gasteiger partial charge on any atom is 0.343 e. The molecule has 2 aromatic carbocycles. The van der Waals surface area contributed by atoms with E-state index in [1.54, 1.807) is 57.4 Å². The molecule has 0 saturated carbocycles. The first kappa shape index (κ1) is 30.4. The van der Waals surface area contributed by atoms with Crippen LogP contribution >= 0.6 is 11.3 Å². The quantitative estimate of drug-likeness (QED) is 0.308. The Morgan fingerprint density at radius 3 is 2.36 bits per heavy atom. The Morgan fingerprint density at radius 1 is 0.952 bits per heavy atom. The van der Waals surface area contributed by atoms with Gasteiger partial charge in [0.15, 0.2) is 34.4 Å². The number of thiazole rings is 1. The van der Waals surface area contributed by atoms with Crippen LogP contribution in [-0.4, -0.2) is 57.7 Å². The summed E-state index contributed by atoms with van der Waals surface area (Å²) in [6.07, 6.45) is 1.74. The van der Waals surface area contributed by atoms with E-state index in [2.05, 4.69) is 9.73 Å². The molecule has 2 heterocycles. The third-order valence-electron chi connectivity index (χ3n) is 6.38. The number of esters is 2. The average Bonchev–Trinajstić information content (AvgIpc) is 3.29. The van der Waals surface area contributed by atoms with Crippen LogP contribution in [0.5, 0.6) is 23.0 Å². The number of nitrogens with zero attached hydrogens (tertiary/aromatic N) is 2. The van der Waals surface area contributed by atoms with Gasteiger partial charge in [0.1, 0.15) is 0 Å². The zero-order valence-electron chi connectivity index (χ0n) is 24.2. The van der Waals surface area contributed by atoms with Crippen molar-refractivity contribution < 1.29 is 38.0 Å². The summed E-state index contributed by atoms with van der Waals surface area (Å²) >= 11 is 1.20. The molecule has 3 aromatic rings. The Hall–Kier alpha value is -4.58. The first-order chi connectivity index (χ1) is 20.3. The van der Waals surface area contributed by atoms with E-state index in [1.165, 1.54) is 30.1 Å². The van der Waals surface area contributed by atoms with E-state index in [1.807, 2.05) is 13.0 Å². The second kappa shape index (κ2) is 13.4. The standard InChI is InChI=1S/C30H32N2O9S/c1-7-39-23-15-19(10-12-21(23)41-16-25(33)38-6)27-26(29(35)40-8-2)17(3)31-30-32(27)28(34)24(42-30)14-18-9-11-20(36-4)22(13-18)37-5/h9-15,27H,7-8,16H2,1-6H3/b24-14-/t27-/m0/s1. The van der Waals surface area contributed by atoms with Gasteiger partial charge in [-0.1, -0.05) is 23.5 Å². The van der Waals surface area contributed by atoms with Gasteiger partial charge in [-0.25, -0.2) is 14.6 Å². The highest BCUT2D eigenvalue weighted by atomic mass is 32.1. The summed E-state index contributed by atoms with van der Waals surface area (Å²) in [5.41, 5.74) is 1.62. The lowest BCUT2D eigenvalue weighted by Gasteiger charge is -2.25. The minimum atomic E-state index is -0.860. The van der Waals surface area contributed by atoms with Crippen molar-refractivity contribution in [2.24, 2.45) is 4.99 Å². The van der Waals surface area contributed by atoms with Crippen LogP contribution in [0.2, 0.25) is 0 Å². The van der Waals surface area contributed by atoms with E-state index >= 15 is 0 Å². The molecule has 0 radical (unpaired) electrons. The van der Waals surface area contributed by atoms with Crippen LogP contribution < -0.4 is 33.8 Å². The second-order valence-electron chi connectivity index (χ2n) is 8.92. The molecule has 0 unspecified atom stereocenters. The minimum Gasteiger partial charge on any atom is -0.493 e. The lowest BCUT2D eigenvalue weighted by molar-refractivity contribution is -0.143. The van der Waals surface area contributed by atoms with E-state index in [4.69, 9.17) is 23.7 Å². The zero-order valence-corrected chi connectivity index (χ0v) is 25.0. The topological polar surface area (TPSA) is 124 Å². The summed E-state index contributed by atoms with van der Waals surface area (Å²) < 4.78 is 34.1. The summed E-state index contributed by atoms with van der Waals surface area (Å²) in [6, 6.07) is 9.50. The Kier molecular flexibility index (Phi) is 9.68. The molecular weight excluding hydrogens is 564 g/mol. The van der Waals surface area contributed by atoms with Gasteiger partial charge in [0.05, 0.1) is 56.4 Å². The van der Waals surface area contributed by atoms with E-state index in [0.717, 1.165) is 5.56 Å². The van der Waals surface area contributed by atoms with Gasteiger partial charge in [0, 0.05) is 0 Å². The van der Waals surface area contributed by atoms with E-state index in [9.17, 15) is 14.4 Å². The molecular formula is C30H32N2O9S. The van der Waals surface area contributed by atoms with Crippen LogP contribution in [0.4, 0.5) is 0 Å².